The lowest BCUT2D eigenvalue weighted by Gasteiger charge is -2.11. The Kier molecular flexibility index (Phi) is 3.86. The van der Waals surface area contributed by atoms with Crippen LogP contribution in [-0.2, 0) is 10.0 Å². The first-order valence-electron chi connectivity index (χ1n) is 5.28. The zero-order chi connectivity index (χ0) is 14.0. The van der Waals surface area contributed by atoms with Crippen molar-refractivity contribution in [1.82, 2.24) is 4.98 Å². The maximum atomic E-state index is 13.3. The molecule has 19 heavy (non-hydrogen) atoms. The van der Waals surface area contributed by atoms with Crippen LogP contribution in [0.1, 0.15) is 5.56 Å². The average molecular weight is 345 g/mol. The van der Waals surface area contributed by atoms with Crippen LogP contribution in [0.4, 0.5) is 10.1 Å². The van der Waals surface area contributed by atoms with Gasteiger partial charge in [0.2, 0.25) is 0 Å². The van der Waals surface area contributed by atoms with E-state index >= 15 is 0 Å². The standard InChI is InChI=1S/C12H10BrFN2O2S/c1-8-5-11(14)10(13)6-12(8)16-19(17,18)9-3-2-4-15-7-9/h2-7,16H,1H3. The van der Waals surface area contributed by atoms with Gasteiger partial charge >= 0.3 is 0 Å². The van der Waals surface area contributed by atoms with Gasteiger partial charge in [0.1, 0.15) is 10.7 Å². The van der Waals surface area contributed by atoms with Gasteiger partial charge in [0.25, 0.3) is 10.0 Å². The molecule has 0 saturated heterocycles. The number of anilines is 1. The summed E-state index contributed by atoms with van der Waals surface area (Å²) < 4.78 is 40.1. The van der Waals surface area contributed by atoms with Gasteiger partial charge in [0, 0.05) is 12.4 Å². The van der Waals surface area contributed by atoms with Crippen LogP contribution >= 0.6 is 15.9 Å². The van der Waals surface area contributed by atoms with Crippen molar-refractivity contribution in [2.45, 2.75) is 11.8 Å². The fourth-order valence-corrected chi connectivity index (χ4v) is 2.89. The quantitative estimate of drug-likeness (QED) is 0.930. The molecule has 1 aromatic heterocycles. The van der Waals surface area contributed by atoms with Crippen LogP contribution in [0.25, 0.3) is 0 Å². The molecule has 0 unspecified atom stereocenters. The Morgan fingerprint density at radius 1 is 1.37 bits per heavy atom. The maximum absolute atomic E-state index is 13.3. The van der Waals surface area contributed by atoms with Crippen LogP contribution in [0.3, 0.4) is 0 Å². The second-order valence-corrected chi connectivity index (χ2v) is 6.41. The van der Waals surface area contributed by atoms with Gasteiger partial charge in [0.15, 0.2) is 0 Å². The molecule has 1 heterocycles. The van der Waals surface area contributed by atoms with Gasteiger partial charge < -0.3 is 0 Å². The largest absolute Gasteiger partial charge is 0.279 e. The Labute approximate surface area is 118 Å². The normalized spacial score (nSPS) is 11.3. The van der Waals surface area contributed by atoms with Crippen LogP contribution in [-0.4, -0.2) is 13.4 Å². The highest BCUT2D eigenvalue weighted by Gasteiger charge is 2.16. The Morgan fingerprint density at radius 2 is 2.11 bits per heavy atom. The molecule has 0 bridgehead atoms. The van der Waals surface area contributed by atoms with Crippen LogP contribution in [0, 0.1) is 12.7 Å². The van der Waals surface area contributed by atoms with Crippen LogP contribution in [0.5, 0.6) is 0 Å². The van der Waals surface area contributed by atoms with Crippen molar-refractivity contribution < 1.29 is 12.8 Å². The highest BCUT2D eigenvalue weighted by molar-refractivity contribution is 9.10. The average Bonchev–Trinajstić information content (AvgIpc) is 2.37. The summed E-state index contributed by atoms with van der Waals surface area (Å²) >= 11 is 3.02. The fourth-order valence-electron chi connectivity index (χ4n) is 1.47. The van der Waals surface area contributed by atoms with Gasteiger partial charge in [-0.25, -0.2) is 12.8 Å². The van der Waals surface area contributed by atoms with Gasteiger partial charge in [0.05, 0.1) is 10.2 Å². The molecule has 0 spiro atoms. The molecule has 0 atom stereocenters. The second kappa shape index (κ2) is 5.26. The number of sulfonamides is 1. The molecule has 0 aliphatic carbocycles. The Bertz CT molecular complexity index is 705. The summed E-state index contributed by atoms with van der Waals surface area (Å²) in [5.41, 5.74) is 0.810. The lowest BCUT2D eigenvalue weighted by Crippen LogP contribution is -2.14. The van der Waals surface area contributed by atoms with E-state index in [0.717, 1.165) is 0 Å². The maximum Gasteiger partial charge on any atom is 0.263 e. The zero-order valence-corrected chi connectivity index (χ0v) is 12.3. The predicted octanol–water partition coefficient (Wildman–Crippen LogP) is 3.09. The third-order valence-corrected chi connectivity index (χ3v) is 4.41. The number of aromatic nitrogens is 1. The number of nitrogens with one attached hydrogen (secondary N) is 1. The molecular weight excluding hydrogens is 335 g/mol. The summed E-state index contributed by atoms with van der Waals surface area (Å²) in [6, 6.07) is 5.61. The monoisotopic (exact) mass is 344 g/mol. The van der Waals surface area contributed by atoms with E-state index in [1.165, 1.54) is 36.7 Å². The summed E-state index contributed by atoms with van der Waals surface area (Å²) in [7, 11) is -3.72. The van der Waals surface area contributed by atoms with Crippen LogP contribution in [0.2, 0.25) is 0 Å². The number of rotatable bonds is 3. The first-order valence-corrected chi connectivity index (χ1v) is 7.56. The third-order valence-electron chi connectivity index (χ3n) is 2.46. The Balaban J connectivity index is 2.39. The van der Waals surface area contributed by atoms with E-state index in [1.807, 2.05) is 0 Å². The zero-order valence-electron chi connectivity index (χ0n) is 9.89. The minimum Gasteiger partial charge on any atom is -0.279 e. The number of halogens is 2. The summed E-state index contributed by atoms with van der Waals surface area (Å²) in [6.45, 7) is 1.62. The van der Waals surface area contributed by atoms with Gasteiger partial charge in [-0.3, -0.25) is 9.71 Å². The van der Waals surface area contributed by atoms with Crippen molar-refractivity contribution >= 4 is 31.6 Å². The van der Waals surface area contributed by atoms with Gasteiger partial charge in [-0.15, -0.1) is 0 Å². The lowest BCUT2D eigenvalue weighted by molar-refractivity contribution is 0.600. The van der Waals surface area contributed by atoms with E-state index in [9.17, 15) is 12.8 Å². The first kappa shape index (κ1) is 14.0. The van der Waals surface area contributed by atoms with Crippen molar-refractivity contribution in [2.75, 3.05) is 4.72 Å². The van der Waals surface area contributed by atoms with Crippen molar-refractivity contribution in [2.24, 2.45) is 0 Å². The summed E-state index contributed by atoms with van der Waals surface area (Å²) in [5.74, 6) is -0.443. The molecule has 1 N–H and O–H groups in total. The predicted molar refractivity (Wildman–Crippen MR) is 73.9 cm³/mol. The Hall–Kier alpha value is -1.47. The van der Waals surface area contributed by atoms with Gasteiger partial charge in [-0.1, -0.05) is 0 Å². The van der Waals surface area contributed by atoms with Gasteiger partial charge in [-0.2, -0.15) is 0 Å². The molecule has 7 heteroatoms. The molecule has 4 nitrogen and oxygen atoms in total. The van der Waals surface area contributed by atoms with Crippen molar-refractivity contribution in [3.63, 3.8) is 0 Å². The molecule has 0 saturated carbocycles. The summed E-state index contributed by atoms with van der Waals surface area (Å²) in [4.78, 5) is 3.81. The second-order valence-electron chi connectivity index (χ2n) is 3.88. The fraction of sp³-hybridized carbons (Fsp3) is 0.0833. The van der Waals surface area contributed by atoms with E-state index in [-0.39, 0.29) is 9.37 Å². The molecular formula is C12H10BrFN2O2S. The lowest BCUT2D eigenvalue weighted by atomic mass is 10.2. The third kappa shape index (κ3) is 3.10. The molecule has 1 aromatic carbocycles. The smallest absolute Gasteiger partial charge is 0.263 e. The number of benzene rings is 1. The first-order chi connectivity index (χ1) is 8.90. The number of nitrogens with zero attached hydrogens (tertiary/aromatic N) is 1. The molecule has 0 radical (unpaired) electrons. The SMILES string of the molecule is Cc1cc(F)c(Br)cc1NS(=O)(=O)c1cccnc1. The number of aryl methyl sites for hydroxylation is 1. The van der Waals surface area contributed by atoms with Crippen LogP contribution < -0.4 is 4.72 Å². The summed E-state index contributed by atoms with van der Waals surface area (Å²) in [6.07, 6.45) is 2.73. The minimum absolute atomic E-state index is 0.0508. The summed E-state index contributed by atoms with van der Waals surface area (Å²) in [5, 5.41) is 0. The highest BCUT2D eigenvalue weighted by Crippen LogP contribution is 2.26. The number of pyridine rings is 1. The van der Waals surface area contributed by atoms with E-state index in [1.54, 1.807) is 6.92 Å². The van der Waals surface area contributed by atoms with Gasteiger partial charge in [-0.05, 0) is 52.7 Å². The Morgan fingerprint density at radius 3 is 2.74 bits per heavy atom. The number of hydrogen-bond donors (Lipinski definition) is 1. The highest BCUT2D eigenvalue weighted by atomic mass is 79.9. The van der Waals surface area contributed by atoms with Crippen molar-refractivity contribution in [1.29, 1.82) is 0 Å². The molecule has 2 rings (SSSR count). The minimum atomic E-state index is -3.72. The number of hydrogen-bond acceptors (Lipinski definition) is 3. The van der Waals surface area contributed by atoms with E-state index in [2.05, 4.69) is 25.6 Å². The molecule has 0 amide bonds. The van der Waals surface area contributed by atoms with E-state index in [4.69, 9.17) is 0 Å². The molecule has 0 aliphatic rings. The topological polar surface area (TPSA) is 59.1 Å². The van der Waals surface area contributed by atoms with Crippen LogP contribution in [0.15, 0.2) is 46.0 Å². The van der Waals surface area contributed by atoms with E-state index < -0.39 is 15.8 Å². The van der Waals surface area contributed by atoms with Crippen molar-refractivity contribution in [3.8, 4) is 0 Å². The molecule has 100 valence electrons. The molecule has 2 aromatic rings. The molecule has 0 aliphatic heterocycles. The van der Waals surface area contributed by atoms with E-state index in [0.29, 0.717) is 11.3 Å². The van der Waals surface area contributed by atoms with Crippen molar-refractivity contribution in [3.05, 3.63) is 52.5 Å². The molecule has 0 fully saturated rings.